The number of nitrogens with zero attached hydrogens (tertiary/aromatic N) is 1. The molecule has 3 atom stereocenters. The number of hydrogen-bond acceptors (Lipinski definition) is 7. The number of hydrogen-bond donors (Lipinski definition) is 5. The van der Waals surface area contributed by atoms with Crippen molar-refractivity contribution in [1.82, 2.24) is 4.90 Å². The first-order valence-corrected chi connectivity index (χ1v) is 12.2. The molecule has 0 spiro atoms. The van der Waals surface area contributed by atoms with Crippen molar-refractivity contribution in [2.45, 2.75) is 44.2 Å². The molecule has 2 aromatic rings. The number of benzene rings is 2. The van der Waals surface area contributed by atoms with E-state index < -0.39 is 36.3 Å². The maximum absolute atomic E-state index is 13.6. The Labute approximate surface area is 219 Å². The lowest BCUT2D eigenvalue weighted by Crippen LogP contribution is -2.39. The molecule has 2 aliphatic rings. The highest BCUT2D eigenvalue weighted by Gasteiger charge is 2.38. The number of nitrogens with one attached hydrogen (secondary N) is 1. The minimum atomic E-state index is -1.37. The van der Waals surface area contributed by atoms with Crippen LogP contribution in [0.3, 0.4) is 0 Å². The molecule has 2 aromatic carbocycles. The average Bonchev–Trinajstić information content (AvgIpc) is 3.36. The molecule has 0 saturated heterocycles. The quantitative estimate of drug-likeness (QED) is 0.331. The van der Waals surface area contributed by atoms with Crippen LogP contribution < -0.4 is 5.32 Å². The first-order chi connectivity index (χ1) is 17.9. The zero-order chi connectivity index (χ0) is 27.8. The van der Waals surface area contributed by atoms with Gasteiger partial charge in [-0.3, -0.25) is 9.59 Å². The fourth-order valence-electron chi connectivity index (χ4n) is 4.65. The number of likely N-dealkylation sites (N-methyl/N-ethyl adjacent to an activating group) is 1. The van der Waals surface area contributed by atoms with E-state index in [4.69, 9.17) is 9.84 Å². The number of aliphatic hydroxyl groups is 4. The topological polar surface area (TPSA) is 140 Å². The predicted octanol–water partition coefficient (Wildman–Crippen LogP) is 1.92. The van der Waals surface area contributed by atoms with Crippen LogP contribution >= 0.6 is 0 Å². The van der Waals surface area contributed by atoms with E-state index in [9.17, 15) is 29.3 Å². The Kier molecular flexibility index (Phi) is 7.70. The molecule has 0 aliphatic carbocycles. The van der Waals surface area contributed by atoms with Crippen LogP contribution in [0.15, 0.2) is 54.3 Å². The van der Waals surface area contributed by atoms with Gasteiger partial charge in [-0.05, 0) is 55.8 Å². The molecule has 2 amide bonds. The van der Waals surface area contributed by atoms with E-state index in [0.29, 0.717) is 28.1 Å². The van der Waals surface area contributed by atoms with Gasteiger partial charge in [-0.1, -0.05) is 12.1 Å². The lowest BCUT2D eigenvalue weighted by molar-refractivity contribution is -0.111. The molecule has 202 valence electrons. The third kappa shape index (κ3) is 5.48. The summed E-state index contributed by atoms with van der Waals surface area (Å²) in [6.07, 6.45) is -2.20. The largest absolute Gasteiger partial charge is 0.482 e. The molecule has 2 aliphatic heterocycles. The van der Waals surface area contributed by atoms with Gasteiger partial charge in [0.1, 0.15) is 23.3 Å². The summed E-state index contributed by atoms with van der Waals surface area (Å²) in [5.74, 6) is -0.807. The van der Waals surface area contributed by atoms with E-state index in [1.165, 1.54) is 30.1 Å². The summed E-state index contributed by atoms with van der Waals surface area (Å²) in [5, 5.41) is 40.9. The van der Waals surface area contributed by atoms with Crippen LogP contribution in [0.4, 0.5) is 10.1 Å². The number of amides is 2. The summed E-state index contributed by atoms with van der Waals surface area (Å²) >= 11 is 0. The third-order valence-corrected chi connectivity index (χ3v) is 6.68. The summed E-state index contributed by atoms with van der Waals surface area (Å²) in [7, 11) is 1.51. The molecule has 9 nitrogen and oxygen atoms in total. The van der Waals surface area contributed by atoms with E-state index in [2.05, 4.69) is 5.32 Å². The van der Waals surface area contributed by atoms with Crippen molar-refractivity contribution >= 4 is 28.6 Å². The summed E-state index contributed by atoms with van der Waals surface area (Å²) < 4.78 is 19.8. The van der Waals surface area contributed by atoms with Crippen molar-refractivity contribution in [3.8, 4) is 0 Å². The molecule has 0 unspecified atom stereocenters. The highest BCUT2D eigenvalue weighted by Crippen LogP contribution is 2.44. The van der Waals surface area contributed by atoms with Gasteiger partial charge < -0.3 is 35.4 Å². The minimum Gasteiger partial charge on any atom is -0.482 e. The average molecular weight is 527 g/mol. The zero-order valence-electron chi connectivity index (χ0n) is 21.3. The molecule has 38 heavy (non-hydrogen) atoms. The van der Waals surface area contributed by atoms with E-state index in [1.807, 2.05) is 13.8 Å². The molecule has 10 heteroatoms. The first kappa shape index (κ1) is 27.5. The van der Waals surface area contributed by atoms with Gasteiger partial charge in [0.25, 0.3) is 11.8 Å². The number of aliphatic hydroxyl groups excluding tert-OH is 4. The fraction of sp³-hybridized carbons (Fsp3) is 0.357. The normalized spacial score (nSPS) is 20.2. The van der Waals surface area contributed by atoms with Crippen molar-refractivity contribution in [2.24, 2.45) is 0 Å². The van der Waals surface area contributed by atoms with Crippen molar-refractivity contribution in [3.05, 3.63) is 76.8 Å². The molecule has 2 heterocycles. The summed E-state index contributed by atoms with van der Waals surface area (Å²) in [4.78, 5) is 26.8. The maximum Gasteiger partial charge on any atom is 0.260 e. The van der Waals surface area contributed by atoms with Crippen LogP contribution in [-0.4, -0.2) is 81.3 Å². The Hall–Kier alpha value is -3.57. The SMILES string of the molecule is CN(C[C@H](O)C[C@@H](O)[C@H](O)CO)C(=O)c1ccc(C2=C/C(=C3\C(=O)Nc4cc(F)ccc43)OC2(C)C)cc1. The van der Waals surface area contributed by atoms with Crippen molar-refractivity contribution in [2.75, 3.05) is 25.5 Å². The third-order valence-electron chi connectivity index (χ3n) is 6.68. The van der Waals surface area contributed by atoms with Gasteiger partial charge in [0.15, 0.2) is 0 Å². The minimum absolute atomic E-state index is 0.0772. The van der Waals surface area contributed by atoms with Crippen molar-refractivity contribution in [3.63, 3.8) is 0 Å². The number of ether oxygens (including phenoxy) is 1. The van der Waals surface area contributed by atoms with Crippen LogP contribution in [0.2, 0.25) is 0 Å². The summed E-state index contributed by atoms with van der Waals surface area (Å²) in [6, 6.07) is 10.9. The van der Waals surface area contributed by atoms with Crippen LogP contribution in [0, 0.1) is 5.82 Å². The second-order valence-corrected chi connectivity index (χ2v) is 10.0. The van der Waals surface area contributed by atoms with Gasteiger partial charge >= 0.3 is 0 Å². The van der Waals surface area contributed by atoms with E-state index in [-0.39, 0.29) is 24.8 Å². The highest BCUT2D eigenvalue weighted by atomic mass is 19.1. The number of fused-ring (bicyclic) bond motifs is 1. The molecule has 0 saturated carbocycles. The van der Waals surface area contributed by atoms with Crippen LogP contribution in [-0.2, 0) is 9.53 Å². The van der Waals surface area contributed by atoms with E-state index in [1.54, 1.807) is 30.3 Å². The monoisotopic (exact) mass is 526 g/mol. The summed E-state index contributed by atoms with van der Waals surface area (Å²) in [6.45, 7) is 3.01. The summed E-state index contributed by atoms with van der Waals surface area (Å²) in [5.41, 5.74) is 2.44. The second-order valence-electron chi connectivity index (χ2n) is 10.0. The number of carbonyl (C=O) groups is 2. The molecule has 0 radical (unpaired) electrons. The number of carbonyl (C=O) groups excluding carboxylic acids is 2. The standard InChI is InChI=1S/C28H31FN2O7/c1-28(2)20(12-24(38-28)25-19-9-8-17(29)10-21(19)30-26(25)36)15-4-6-16(7-5-15)27(37)31(3)13-18(33)11-22(34)23(35)14-32/h4-10,12,18,22-23,32-35H,11,13-14H2,1-3H3,(H,30,36)/b25-24+/t18-,22-,23-/m1/s1. The second kappa shape index (κ2) is 10.7. The Balaban J connectivity index is 1.52. The Morgan fingerprint density at radius 2 is 1.79 bits per heavy atom. The predicted molar refractivity (Wildman–Crippen MR) is 138 cm³/mol. The molecule has 4 rings (SSSR count). The van der Waals surface area contributed by atoms with E-state index in [0.717, 1.165) is 11.1 Å². The molecule has 0 aromatic heterocycles. The molecular weight excluding hydrogens is 495 g/mol. The van der Waals surface area contributed by atoms with Crippen LogP contribution in [0.1, 0.15) is 41.8 Å². The number of allylic oxidation sites excluding steroid dienone is 1. The Morgan fingerprint density at radius 3 is 2.45 bits per heavy atom. The highest BCUT2D eigenvalue weighted by molar-refractivity contribution is 6.32. The van der Waals surface area contributed by atoms with Gasteiger partial charge in [-0.2, -0.15) is 0 Å². The van der Waals surface area contributed by atoms with Crippen molar-refractivity contribution in [1.29, 1.82) is 0 Å². The fourth-order valence-corrected chi connectivity index (χ4v) is 4.65. The zero-order valence-corrected chi connectivity index (χ0v) is 21.3. The Morgan fingerprint density at radius 1 is 1.11 bits per heavy atom. The molecular formula is C28H31FN2O7. The lowest BCUT2D eigenvalue weighted by atomic mass is 9.91. The number of rotatable bonds is 8. The van der Waals surface area contributed by atoms with Gasteiger partial charge in [-0.25, -0.2) is 4.39 Å². The number of anilines is 1. The maximum atomic E-state index is 13.6. The molecule has 0 bridgehead atoms. The van der Waals surface area contributed by atoms with Gasteiger partial charge in [0.2, 0.25) is 0 Å². The van der Waals surface area contributed by atoms with Gasteiger partial charge in [-0.15, -0.1) is 0 Å². The first-order valence-electron chi connectivity index (χ1n) is 12.2. The molecule has 5 N–H and O–H groups in total. The smallest absolute Gasteiger partial charge is 0.260 e. The van der Waals surface area contributed by atoms with Crippen LogP contribution in [0.25, 0.3) is 11.1 Å². The Bertz CT molecular complexity index is 1300. The van der Waals surface area contributed by atoms with E-state index >= 15 is 0 Å². The lowest BCUT2D eigenvalue weighted by Gasteiger charge is -2.25. The van der Waals surface area contributed by atoms with Crippen LogP contribution in [0.5, 0.6) is 0 Å². The number of halogens is 1. The molecule has 0 fully saturated rings. The van der Waals surface area contributed by atoms with Gasteiger partial charge in [0, 0.05) is 36.7 Å². The van der Waals surface area contributed by atoms with Crippen molar-refractivity contribution < 1.29 is 39.1 Å². The van der Waals surface area contributed by atoms with Gasteiger partial charge in [0.05, 0.1) is 30.1 Å².